The zero-order valence-corrected chi connectivity index (χ0v) is 16.0. The monoisotopic (exact) mass is 396 g/mol. The number of alkyl halides is 3. The van der Waals surface area contributed by atoms with E-state index in [-0.39, 0.29) is 12.3 Å². The van der Waals surface area contributed by atoms with Crippen LogP contribution in [-0.2, 0) is 11.0 Å². The molecule has 2 aromatic rings. The first-order chi connectivity index (χ1) is 13.2. The van der Waals surface area contributed by atoms with Gasteiger partial charge in [-0.2, -0.15) is 13.2 Å². The van der Waals surface area contributed by atoms with Crippen molar-refractivity contribution in [3.05, 3.63) is 48.0 Å². The molecule has 5 nitrogen and oxygen atoms in total. The first kappa shape index (κ1) is 21.4. The SMILES string of the molecule is CCCOc1ccccc1OCC(=O)Nc1cc(C(F)(F)F)ccc1N(C)C. The van der Waals surface area contributed by atoms with Crippen LogP contribution in [-0.4, -0.2) is 33.2 Å². The van der Waals surface area contributed by atoms with Crippen LogP contribution in [0, 0.1) is 0 Å². The molecule has 0 unspecified atom stereocenters. The van der Waals surface area contributed by atoms with Crippen LogP contribution >= 0.6 is 0 Å². The number of ether oxygens (including phenoxy) is 2. The molecule has 0 aliphatic heterocycles. The molecule has 0 bridgehead atoms. The van der Waals surface area contributed by atoms with E-state index in [1.165, 1.54) is 6.07 Å². The van der Waals surface area contributed by atoms with Crippen LogP contribution in [0.5, 0.6) is 11.5 Å². The summed E-state index contributed by atoms with van der Waals surface area (Å²) in [5.74, 6) is 0.320. The van der Waals surface area contributed by atoms with Crippen molar-refractivity contribution in [2.75, 3.05) is 37.5 Å². The summed E-state index contributed by atoms with van der Waals surface area (Å²) in [6, 6.07) is 10.1. The third-order valence-corrected chi connectivity index (χ3v) is 3.75. The number of para-hydroxylation sites is 2. The van der Waals surface area contributed by atoms with Gasteiger partial charge in [0.1, 0.15) is 0 Å². The average Bonchev–Trinajstić information content (AvgIpc) is 2.64. The molecule has 28 heavy (non-hydrogen) atoms. The van der Waals surface area contributed by atoms with Gasteiger partial charge >= 0.3 is 6.18 Å². The lowest BCUT2D eigenvalue weighted by Crippen LogP contribution is -2.23. The summed E-state index contributed by atoms with van der Waals surface area (Å²) < 4.78 is 50.0. The Morgan fingerprint density at radius 3 is 2.29 bits per heavy atom. The standard InChI is InChI=1S/C20H23F3N2O3/c1-4-11-27-17-7-5-6-8-18(17)28-13-19(26)24-15-12-14(20(21,22)23)9-10-16(15)25(2)3/h5-10,12H,4,11,13H2,1-3H3,(H,24,26). The third-order valence-electron chi connectivity index (χ3n) is 3.75. The second-order valence-electron chi connectivity index (χ2n) is 6.26. The molecule has 0 atom stereocenters. The molecule has 0 saturated heterocycles. The van der Waals surface area contributed by atoms with Crippen molar-refractivity contribution < 1.29 is 27.4 Å². The summed E-state index contributed by atoms with van der Waals surface area (Å²) in [5, 5.41) is 2.49. The number of carbonyl (C=O) groups excluding carboxylic acids is 1. The smallest absolute Gasteiger partial charge is 0.416 e. The van der Waals surface area contributed by atoms with Crippen molar-refractivity contribution in [3.63, 3.8) is 0 Å². The zero-order chi connectivity index (χ0) is 20.7. The van der Waals surface area contributed by atoms with Gasteiger partial charge in [0.2, 0.25) is 0 Å². The number of anilines is 2. The van der Waals surface area contributed by atoms with Crippen molar-refractivity contribution in [1.29, 1.82) is 0 Å². The molecule has 0 aromatic heterocycles. The minimum atomic E-state index is -4.50. The van der Waals surface area contributed by atoms with Crippen molar-refractivity contribution in [2.24, 2.45) is 0 Å². The molecular formula is C20H23F3N2O3. The lowest BCUT2D eigenvalue weighted by Gasteiger charge is -2.20. The van der Waals surface area contributed by atoms with Gasteiger partial charge in [0.25, 0.3) is 5.91 Å². The van der Waals surface area contributed by atoms with E-state index in [4.69, 9.17) is 9.47 Å². The van der Waals surface area contributed by atoms with Crippen LogP contribution in [0.1, 0.15) is 18.9 Å². The van der Waals surface area contributed by atoms with E-state index in [0.29, 0.717) is 23.8 Å². The largest absolute Gasteiger partial charge is 0.490 e. The molecule has 1 amide bonds. The van der Waals surface area contributed by atoms with Gasteiger partial charge in [-0.1, -0.05) is 19.1 Å². The summed E-state index contributed by atoms with van der Waals surface area (Å²) in [4.78, 5) is 13.9. The van der Waals surface area contributed by atoms with Crippen molar-refractivity contribution >= 4 is 17.3 Å². The van der Waals surface area contributed by atoms with Crippen LogP contribution < -0.4 is 19.7 Å². The molecular weight excluding hydrogens is 373 g/mol. The van der Waals surface area contributed by atoms with Gasteiger partial charge < -0.3 is 19.7 Å². The van der Waals surface area contributed by atoms with Crippen molar-refractivity contribution in [2.45, 2.75) is 19.5 Å². The number of nitrogens with one attached hydrogen (secondary N) is 1. The highest BCUT2D eigenvalue weighted by atomic mass is 19.4. The molecule has 0 radical (unpaired) electrons. The number of halogens is 3. The summed E-state index contributed by atoms with van der Waals surface area (Å²) in [6.07, 6.45) is -3.69. The number of nitrogens with zero attached hydrogens (tertiary/aromatic N) is 1. The van der Waals surface area contributed by atoms with Crippen LogP contribution in [0.25, 0.3) is 0 Å². The van der Waals surface area contributed by atoms with E-state index in [1.807, 2.05) is 6.92 Å². The molecule has 8 heteroatoms. The lowest BCUT2D eigenvalue weighted by atomic mass is 10.1. The van der Waals surface area contributed by atoms with Gasteiger partial charge in [0.15, 0.2) is 18.1 Å². The van der Waals surface area contributed by atoms with Gasteiger partial charge in [-0.05, 0) is 36.8 Å². The Bertz CT molecular complexity index is 808. The molecule has 2 rings (SSSR count). The maximum atomic E-state index is 13.0. The van der Waals surface area contributed by atoms with Gasteiger partial charge in [-0.15, -0.1) is 0 Å². The van der Waals surface area contributed by atoms with Crippen LogP contribution in [0.15, 0.2) is 42.5 Å². The fraction of sp³-hybridized carbons (Fsp3) is 0.350. The quantitative estimate of drug-likeness (QED) is 0.710. The molecule has 0 saturated carbocycles. The fourth-order valence-electron chi connectivity index (χ4n) is 2.43. The maximum Gasteiger partial charge on any atom is 0.416 e. The number of carbonyl (C=O) groups is 1. The summed E-state index contributed by atoms with van der Waals surface area (Å²) in [5.41, 5.74) is -0.329. The minimum absolute atomic E-state index is 0.0592. The Kier molecular flexibility index (Phi) is 7.14. The maximum absolute atomic E-state index is 13.0. The van der Waals surface area contributed by atoms with E-state index in [1.54, 1.807) is 43.3 Å². The predicted octanol–water partition coefficient (Wildman–Crippen LogP) is 4.58. The predicted molar refractivity (Wildman–Crippen MR) is 102 cm³/mol. The first-order valence-corrected chi connectivity index (χ1v) is 8.75. The molecule has 152 valence electrons. The van der Waals surface area contributed by atoms with Gasteiger partial charge in [-0.3, -0.25) is 4.79 Å². The first-order valence-electron chi connectivity index (χ1n) is 8.75. The topological polar surface area (TPSA) is 50.8 Å². The minimum Gasteiger partial charge on any atom is -0.490 e. The Hall–Kier alpha value is -2.90. The zero-order valence-electron chi connectivity index (χ0n) is 16.0. The molecule has 0 aliphatic rings. The van der Waals surface area contributed by atoms with Crippen LogP contribution in [0.2, 0.25) is 0 Å². The lowest BCUT2D eigenvalue weighted by molar-refractivity contribution is -0.137. The summed E-state index contributed by atoms with van der Waals surface area (Å²) in [7, 11) is 3.35. The molecule has 0 aliphatic carbocycles. The second kappa shape index (κ2) is 9.34. The van der Waals surface area contributed by atoms with Gasteiger partial charge in [0, 0.05) is 14.1 Å². The Morgan fingerprint density at radius 2 is 1.71 bits per heavy atom. The highest BCUT2D eigenvalue weighted by Gasteiger charge is 2.31. The summed E-state index contributed by atoms with van der Waals surface area (Å²) in [6.45, 7) is 2.10. The van der Waals surface area contributed by atoms with E-state index < -0.39 is 17.6 Å². The van der Waals surface area contributed by atoms with Crippen molar-refractivity contribution in [3.8, 4) is 11.5 Å². The van der Waals surface area contributed by atoms with Crippen LogP contribution in [0.3, 0.4) is 0 Å². The molecule has 2 aromatic carbocycles. The highest BCUT2D eigenvalue weighted by molar-refractivity contribution is 5.95. The van der Waals surface area contributed by atoms with Gasteiger partial charge in [-0.25, -0.2) is 0 Å². The van der Waals surface area contributed by atoms with E-state index in [9.17, 15) is 18.0 Å². The van der Waals surface area contributed by atoms with E-state index in [0.717, 1.165) is 18.6 Å². The highest BCUT2D eigenvalue weighted by Crippen LogP contribution is 2.35. The average molecular weight is 396 g/mol. The normalized spacial score (nSPS) is 11.1. The molecule has 0 heterocycles. The summed E-state index contributed by atoms with van der Waals surface area (Å²) >= 11 is 0. The van der Waals surface area contributed by atoms with Gasteiger partial charge in [0.05, 0.1) is 23.5 Å². The number of benzene rings is 2. The Labute approximate surface area is 162 Å². The van der Waals surface area contributed by atoms with E-state index in [2.05, 4.69) is 5.32 Å². The number of hydrogen-bond donors (Lipinski definition) is 1. The Balaban J connectivity index is 2.11. The van der Waals surface area contributed by atoms with Crippen LogP contribution in [0.4, 0.5) is 24.5 Å². The number of amides is 1. The number of hydrogen-bond acceptors (Lipinski definition) is 4. The van der Waals surface area contributed by atoms with Crippen molar-refractivity contribution in [1.82, 2.24) is 0 Å². The molecule has 0 fully saturated rings. The van der Waals surface area contributed by atoms with E-state index >= 15 is 0 Å². The number of rotatable bonds is 8. The fourth-order valence-corrected chi connectivity index (χ4v) is 2.43. The Morgan fingerprint density at radius 1 is 1.07 bits per heavy atom. The molecule has 1 N–H and O–H groups in total. The second-order valence-corrected chi connectivity index (χ2v) is 6.26. The molecule has 0 spiro atoms. The third kappa shape index (κ3) is 5.80.